The first kappa shape index (κ1) is 15.1. The molecule has 1 saturated heterocycles. The second-order valence-electron chi connectivity index (χ2n) is 5.47. The summed E-state index contributed by atoms with van der Waals surface area (Å²) in [6, 6.07) is 0. The molecular weight excluding hydrogens is 352 g/mol. The highest BCUT2D eigenvalue weighted by Gasteiger charge is 2.34. The van der Waals surface area contributed by atoms with Crippen molar-refractivity contribution in [3.63, 3.8) is 0 Å². The van der Waals surface area contributed by atoms with E-state index in [2.05, 4.69) is 30.8 Å². The molecule has 1 aromatic heterocycles. The smallest absolute Gasteiger partial charge is 0.225 e. The van der Waals surface area contributed by atoms with Crippen molar-refractivity contribution in [2.75, 3.05) is 37.3 Å². The first-order valence-electron chi connectivity index (χ1n) is 7.29. The van der Waals surface area contributed by atoms with Crippen LogP contribution in [0.4, 0.5) is 5.82 Å². The molecule has 7 heteroatoms. The lowest BCUT2D eigenvalue weighted by Gasteiger charge is -2.23. The van der Waals surface area contributed by atoms with Crippen LogP contribution in [0.1, 0.15) is 19.3 Å². The summed E-state index contributed by atoms with van der Waals surface area (Å²) in [6.45, 7) is 3.42. The van der Waals surface area contributed by atoms with Crippen LogP contribution in [0.15, 0.2) is 15.8 Å². The van der Waals surface area contributed by atoms with Gasteiger partial charge in [-0.05, 0) is 41.4 Å². The van der Waals surface area contributed by atoms with Gasteiger partial charge in [0.2, 0.25) is 5.91 Å². The standard InChI is InChI=1S/C14H19BrN4OS/c1-21-14-16-9-11(15)12(17-14)18-5-2-6-19(8-7-18)13(20)10-3-4-10/h9-10H,2-8H2,1H3. The van der Waals surface area contributed by atoms with Gasteiger partial charge in [0.15, 0.2) is 5.16 Å². The molecule has 114 valence electrons. The Labute approximate surface area is 137 Å². The molecule has 1 aliphatic heterocycles. The second-order valence-corrected chi connectivity index (χ2v) is 7.10. The van der Waals surface area contributed by atoms with Crippen molar-refractivity contribution in [3.05, 3.63) is 10.7 Å². The molecule has 0 unspecified atom stereocenters. The maximum Gasteiger partial charge on any atom is 0.225 e. The number of hydrogen-bond acceptors (Lipinski definition) is 5. The van der Waals surface area contributed by atoms with E-state index in [0.717, 1.165) is 60.9 Å². The van der Waals surface area contributed by atoms with Crippen molar-refractivity contribution in [1.82, 2.24) is 14.9 Å². The maximum atomic E-state index is 12.2. The molecule has 1 amide bonds. The zero-order valence-corrected chi connectivity index (χ0v) is 14.5. The summed E-state index contributed by atoms with van der Waals surface area (Å²) in [5.41, 5.74) is 0. The highest BCUT2D eigenvalue weighted by Crippen LogP contribution is 2.32. The molecule has 0 N–H and O–H groups in total. The Morgan fingerprint density at radius 3 is 2.86 bits per heavy atom. The molecule has 0 spiro atoms. The molecule has 0 bridgehead atoms. The number of rotatable bonds is 3. The van der Waals surface area contributed by atoms with E-state index in [0.29, 0.717) is 11.8 Å². The first-order valence-corrected chi connectivity index (χ1v) is 9.31. The molecule has 2 fully saturated rings. The summed E-state index contributed by atoms with van der Waals surface area (Å²) in [5.74, 6) is 1.60. The van der Waals surface area contributed by atoms with Gasteiger partial charge in [0.05, 0.1) is 4.47 Å². The average molecular weight is 371 g/mol. The van der Waals surface area contributed by atoms with Crippen molar-refractivity contribution >= 4 is 39.4 Å². The third kappa shape index (κ3) is 3.51. The third-order valence-electron chi connectivity index (χ3n) is 3.92. The van der Waals surface area contributed by atoms with Gasteiger partial charge in [-0.1, -0.05) is 11.8 Å². The number of nitrogens with zero attached hydrogens (tertiary/aromatic N) is 4. The monoisotopic (exact) mass is 370 g/mol. The zero-order valence-electron chi connectivity index (χ0n) is 12.1. The molecule has 3 rings (SSSR count). The summed E-state index contributed by atoms with van der Waals surface area (Å²) >= 11 is 5.09. The molecule has 21 heavy (non-hydrogen) atoms. The van der Waals surface area contributed by atoms with Crippen molar-refractivity contribution in [3.8, 4) is 0 Å². The van der Waals surface area contributed by atoms with Crippen molar-refractivity contribution in [1.29, 1.82) is 0 Å². The fraction of sp³-hybridized carbons (Fsp3) is 0.643. The molecule has 0 radical (unpaired) electrons. The highest BCUT2D eigenvalue weighted by atomic mass is 79.9. The third-order valence-corrected chi connectivity index (χ3v) is 5.04. The Morgan fingerprint density at radius 2 is 2.14 bits per heavy atom. The summed E-state index contributed by atoms with van der Waals surface area (Å²) in [6.07, 6.45) is 6.93. The number of carbonyl (C=O) groups is 1. The number of carbonyl (C=O) groups excluding carboxylic acids is 1. The van der Waals surface area contributed by atoms with E-state index in [9.17, 15) is 4.79 Å². The van der Waals surface area contributed by atoms with Crippen LogP contribution in [0, 0.1) is 5.92 Å². The van der Waals surface area contributed by atoms with Crippen LogP contribution < -0.4 is 4.90 Å². The molecular formula is C14H19BrN4OS. The minimum Gasteiger partial charge on any atom is -0.354 e. The predicted molar refractivity (Wildman–Crippen MR) is 87.6 cm³/mol. The second kappa shape index (κ2) is 6.52. The number of hydrogen-bond donors (Lipinski definition) is 0. The summed E-state index contributed by atoms with van der Waals surface area (Å²) < 4.78 is 0.919. The number of aromatic nitrogens is 2. The Kier molecular flexibility index (Phi) is 4.69. The van der Waals surface area contributed by atoms with Gasteiger partial charge >= 0.3 is 0 Å². The SMILES string of the molecule is CSc1ncc(Br)c(N2CCCN(C(=O)C3CC3)CC2)n1. The normalized spacial score (nSPS) is 19.5. The van der Waals surface area contributed by atoms with Crippen LogP contribution in [-0.4, -0.2) is 53.2 Å². The summed E-state index contributed by atoms with van der Waals surface area (Å²) in [5, 5.41) is 0.781. The first-order chi connectivity index (χ1) is 10.2. The zero-order chi connectivity index (χ0) is 14.8. The van der Waals surface area contributed by atoms with Gasteiger partial charge in [-0.3, -0.25) is 4.79 Å². The molecule has 1 aromatic rings. The highest BCUT2D eigenvalue weighted by molar-refractivity contribution is 9.10. The molecule has 1 aliphatic carbocycles. The lowest BCUT2D eigenvalue weighted by atomic mass is 10.3. The lowest BCUT2D eigenvalue weighted by Crippen LogP contribution is -2.36. The van der Waals surface area contributed by atoms with Crippen LogP contribution in [0.2, 0.25) is 0 Å². The van der Waals surface area contributed by atoms with Gasteiger partial charge in [-0.2, -0.15) is 0 Å². The number of halogens is 1. The van der Waals surface area contributed by atoms with E-state index in [4.69, 9.17) is 0 Å². The van der Waals surface area contributed by atoms with Crippen LogP contribution in [-0.2, 0) is 4.79 Å². The number of anilines is 1. The molecule has 2 heterocycles. The van der Waals surface area contributed by atoms with Gasteiger partial charge < -0.3 is 9.80 Å². The summed E-state index contributed by atoms with van der Waals surface area (Å²) in [7, 11) is 0. The van der Waals surface area contributed by atoms with Gasteiger partial charge in [-0.25, -0.2) is 9.97 Å². The summed E-state index contributed by atoms with van der Waals surface area (Å²) in [4.78, 5) is 25.3. The quantitative estimate of drug-likeness (QED) is 0.603. The van der Waals surface area contributed by atoms with E-state index in [1.807, 2.05) is 17.4 Å². The van der Waals surface area contributed by atoms with E-state index < -0.39 is 0 Å². The van der Waals surface area contributed by atoms with Gasteiger partial charge in [0, 0.05) is 38.3 Å². The lowest BCUT2D eigenvalue weighted by molar-refractivity contribution is -0.132. The molecule has 1 saturated carbocycles. The minimum absolute atomic E-state index is 0.311. The van der Waals surface area contributed by atoms with Crippen LogP contribution in [0.5, 0.6) is 0 Å². The largest absolute Gasteiger partial charge is 0.354 e. The van der Waals surface area contributed by atoms with Crippen molar-refractivity contribution in [2.45, 2.75) is 24.4 Å². The number of thioether (sulfide) groups is 1. The van der Waals surface area contributed by atoms with Crippen LogP contribution in [0.25, 0.3) is 0 Å². The minimum atomic E-state index is 0.311. The Balaban J connectivity index is 1.70. The van der Waals surface area contributed by atoms with Crippen LogP contribution >= 0.6 is 27.7 Å². The van der Waals surface area contributed by atoms with Crippen molar-refractivity contribution in [2.24, 2.45) is 5.92 Å². The average Bonchev–Trinajstić information content (AvgIpc) is 3.34. The topological polar surface area (TPSA) is 49.3 Å². The fourth-order valence-electron chi connectivity index (χ4n) is 2.60. The molecule has 0 atom stereocenters. The van der Waals surface area contributed by atoms with E-state index in [-0.39, 0.29) is 0 Å². The molecule has 0 aromatic carbocycles. The van der Waals surface area contributed by atoms with E-state index >= 15 is 0 Å². The Morgan fingerprint density at radius 1 is 1.33 bits per heavy atom. The van der Waals surface area contributed by atoms with Gasteiger partial charge in [0.25, 0.3) is 0 Å². The maximum absolute atomic E-state index is 12.2. The Bertz CT molecular complexity index is 538. The van der Waals surface area contributed by atoms with Crippen LogP contribution in [0.3, 0.4) is 0 Å². The predicted octanol–water partition coefficient (Wildman–Crippen LogP) is 2.41. The Hall–Kier alpha value is -0.820. The van der Waals surface area contributed by atoms with Gasteiger partial charge in [-0.15, -0.1) is 0 Å². The van der Waals surface area contributed by atoms with Crippen molar-refractivity contribution < 1.29 is 4.79 Å². The van der Waals surface area contributed by atoms with E-state index in [1.54, 1.807) is 11.8 Å². The number of amides is 1. The van der Waals surface area contributed by atoms with E-state index in [1.165, 1.54) is 0 Å². The van der Waals surface area contributed by atoms with Gasteiger partial charge in [0.1, 0.15) is 5.82 Å². The fourth-order valence-corrected chi connectivity index (χ4v) is 3.38. The molecule has 5 nitrogen and oxygen atoms in total. The molecule has 2 aliphatic rings.